The third-order valence-electron chi connectivity index (χ3n) is 9.36. The fourth-order valence-corrected chi connectivity index (χ4v) is 7.22. The molecule has 9 rings (SSSR count). The van der Waals surface area contributed by atoms with Crippen molar-refractivity contribution < 1.29 is 0 Å². The number of para-hydroxylation sites is 3. The molecule has 0 saturated heterocycles. The second kappa shape index (κ2) is 10.9. The lowest BCUT2D eigenvalue weighted by atomic mass is 9.96. The maximum Gasteiger partial charge on any atom is 0.0992 e. The SMILES string of the molecule is N#Cc1ccc(-n2c3ccccc3c3ccccc32)c(-c2cccc(-c3cccc(-n4c5ccccc5c5ccc(C#N)cc54)c3)c2)c1. The van der Waals surface area contributed by atoms with Crippen molar-refractivity contribution in [1.82, 2.24) is 9.13 Å². The van der Waals surface area contributed by atoms with Crippen molar-refractivity contribution in [3.63, 3.8) is 0 Å². The molecule has 0 aliphatic rings. The topological polar surface area (TPSA) is 57.4 Å². The Labute approximate surface area is 277 Å². The smallest absolute Gasteiger partial charge is 0.0992 e. The van der Waals surface area contributed by atoms with Gasteiger partial charge in [-0.05, 0) is 83.4 Å². The normalized spacial score (nSPS) is 11.3. The summed E-state index contributed by atoms with van der Waals surface area (Å²) in [6, 6.07) is 59.0. The monoisotopic (exact) mass is 610 g/mol. The summed E-state index contributed by atoms with van der Waals surface area (Å²) in [5.74, 6) is 0. The Bertz CT molecular complexity index is 2760. The van der Waals surface area contributed by atoms with Crippen LogP contribution in [-0.2, 0) is 0 Å². The average molecular weight is 611 g/mol. The van der Waals surface area contributed by atoms with Crippen LogP contribution < -0.4 is 0 Å². The van der Waals surface area contributed by atoms with Crippen molar-refractivity contribution in [2.75, 3.05) is 0 Å². The molecule has 0 bridgehead atoms. The highest BCUT2D eigenvalue weighted by molar-refractivity contribution is 6.10. The minimum atomic E-state index is 0.616. The molecule has 7 aromatic carbocycles. The molecule has 0 unspecified atom stereocenters. The van der Waals surface area contributed by atoms with Crippen LogP contribution in [0.15, 0.2) is 158 Å². The Morgan fingerprint density at radius 3 is 1.56 bits per heavy atom. The van der Waals surface area contributed by atoms with Gasteiger partial charge in [-0.25, -0.2) is 0 Å². The Morgan fingerprint density at radius 2 is 0.896 bits per heavy atom. The number of rotatable bonds is 4. The molecule has 0 N–H and O–H groups in total. The number of hydrogen-bond acceptors (Lipinski definition) is 2. The number of fused-ring (bicyclic) bond motifs is 6. The van der Waals surface area contributed by atoms with Crippen molar-refractivity contribution >= 4 is 43.6 Å². The molecule has 0 atom stereocenters. The van der Waals surface area contributed by atoms with E-state index in [0.29, 0.717) is 11.1 Å². The highest BCUT2D eigenvalue weighted by Gasteiger charge is 2.17. The molecular weight excluding hydrogens is 585 g/mol. The van der Waals surface area contributed by atoms with Crippen LogP contribution in [0.1, 0.15) is 11.1 Å². The van der Waals surface area contributed by atoms with E-state index in [-0.39, 0.29) is 0 Å². The predicted octanol–water partition coefficient (Wildman–Crippen LogP) is 11.0. The maximum absolute atomic E-state index is 9.93. The van der Waals surface area contributed by atoms with E-state index in [4.69, 9.17) is 0 Å². The van der Waals surface area contributed by atoms with Crippen LogP contribution in [0, 0.1) is 22.7 Å². The largest absolute Gasteiger partial charge is 0.309 e. The van der Waals surface area contributed by atoms with Gasteiger partial charge in [0.15, 0.2) is 0 Å². The van der Waals surface area contributed by atoms with E-state index in [9.17, 15) is 10.5 Å². The summed E-state index contributed by atoms with van der Waals surface area (Å²) >= 11 is 0. The molecule has 0 saturated carbocycles. The molecule has 0 radical (unpaired) electrons. The molecule has 2 aromatic heterocycles. The summed E-state index contributed by atoms with van der Waals surface area (Å²) in [6.07, 6.45) is 0. The number of nitriles is 2. The second-order valence-electron chi connectivity index (χ2n) is 12.0. The third-order valence-corrected chi connectivity index (χ3v) is 9.36. The fourth-order valence-electron chi connectivity index (χ4n) is 7.22. The number of aromatic nitrogens is 2. The number of nitrogens with zero attached hydrogens (tertiary/aromatic N) is 4. The summed E-state index contributed by atoms with van der Waals surface area (Å²) in [7, 11) is 0. The van der Waals surface area contributed by atoms with Crippen LogP contribution in [0.2, 0.25) is 0 Å². The van der Waals surface area contributed by atoms with Crippen LogP contribution in [0.3, 0.4) is 0 Å². The van der Waals surface area contributed by atoms with Crippen molar-refractivity contribution in [2.24, 2.45) is 0 Å². The molecule has 0 aliphatic heterocycles. The van der Waals surface area contributed by atoms with E-state index in [1.807, 2.05) is 30.3 Å². The van der Waals surface area contributed by atoms with Gasteiger partial charge >= 0.3 is 0 Å². The molecule has 0 spiro atoms. The van der Waals surface area contributed by atoms with Crippen LogP contribution in [0.5, 0.6) is 0 Å². The standard InChI is InChI=1S/C44H26N4/c45-27-29-20-22-43(48-41-17-5-2-13-35(41)36-14-3-6-18-42(36)48)39(23-29)33-11-7-9-31(25-33)32-10-8-12-34(26-32)47-40-16-4-1-15-37(40)38-21-19-30(28-46)24-44(38)47/h1-26H. The van der Waals surface area contributed by atoms with Crippen LogP contribution in [-0.4, -0.2) is 9.13 Å². The van der Waals surface area contributed by atoms with Gasteiger partial charge in [0, 0.05) is 32.8 Å². The van der Waals surface area contributed by atoms with Gasteiger partial charge in [-0.3, -0.25) is 0 Å². The van der Waals surface area contributed by atoms with Gasteiger partial charge < -0.3 is 9.13 Å². The molecular formula is C44H26N4. The molecule has 222 valence electrons. The first-order chi connectivity index (χ1) is 23.7. The number of hydrogen-bond donors (Lipinski definition) is 0. The lowest BCUT2D eigenvalue weighted by molar-refractivity contribution is 1.18. The summed E-state index contributed by atoms with van der Waals surface area (Å²) in [5, 5.41) is 24.3. The molecule has 0 aliphatic carbocycles. The molecule has 0 amide bonds. The molecule has 2 heterocycles. The zero-order valence-corrected chi connectivity index (χ0v) is 25.8. The molecule has 48 heavy (non-hydrogen) atoms. The average Bonchev–Trinajstić information content (AvgIpc) is 3.67. The fraction of sp³-hybridized carbons (Fsp3) is 0. The molecule has 0 fully saturated rings. The molecule has 4 heteroatoms. The first-order valence-electron chi connectivity index (χ1n) is 15.9. The van der Waals surface area contributed by atoms with Crippen LogP contribution in [0.4, 0.5) is 0 Å². The first-order valence-corrected chi connectivity index (χ1v) is 15.9. The van der Waals surface area contributed by atoms with Crippen LogP contribution >= 0.6 is 0 Å². The highest BCUT2D eigenvalue weighted by Crippen LogP contribution is 2.38. The van der Waals surface area contributed by atoms with Gasteiger partial charge in [0.2, 0.25) is 0 Å². The van der Waals surface area contributed by atoms with Crippen molar-refractivity contribution in [3.05, 3.63) is 169 Å². The van der Waals surface area contributed by atoms with E-state index in [2.05, 4.69) is 149 Å². The van der Waals surface area contributed by atoms with Crippen LogP contribution in [0.25, 0.3) is 77.2 Å². The highest BCUT2D eigenvalue weighted by atomic mass is 15.0. The van der Waals surface area contributed by atoms with E-state index in [1.54, 1.807) is 0 Å². The lowest BCUT2D eigenvalue weighted by Gasteiger charge is -2.16. The Balaban J connectivity index is 1.22. The van der Waals surface area contributed by atoms with E-state index in [0.717, 1.165) is 66.5 Å². The minimum Gasteiger partial charge on any atom is -0.309 e. The summed E-state index contributed by atoms with van der Waals surface area (Å²) in [4.78, 5) is 0. The predicted molar refractivity (Wildman–Crippen MR) is 195 cm³/mol. The van der Waals surface area contributed by atoms with E-state index in [1.165, 1.54) is 10.8 Å². The van der Waals surface area contributed by atoms with Crippen molar-refractivity contribution in [1.29, 1.82) is 10.5 Å². The van der Waals surface area contributed by atoms with Gasteiger partial charge in [0.1, 0.15) is 0 Å². The van der Waals surface area contributed by atoms with E-state index < -0.39 is 0 Å². The first kappa shape index (κ1) is 27.4. The maximum atomic E-state index is 9.93. The van der Waals surface area contributed by atoms with Crippen molar-refractivity contribution in [3.8, 4) is 45.8 Å². The third kappa shape index (κ3) is 4.22. The summed E-state index contributed by atoms with van der Waals surface area (Å²) in [5.41, 5.74) is 11.8. The summed E-state index contributed by atoms with van der Waals surface area (Å²) in [6.45, 7) is 0. The van der Waals surface area contributed by atoms with E-state index >= 15 is 0 Å². The minimum absolute atomic E-state index is 0.616. The van der Waals surface area contributed by atoms with Gasteiger partial charge in [0.25, 0.3) is 0 Å². The lowest BCUT2D eigenvalue weighted by Crippen LogP contribution is -1.98. The van der Waals surface area contributed by atoms with Gasteiger partial charge in [-0.1, -0.05) is 91.0 Å². The second-order valence-corrected chi connectivity index (χ2v) is 12.0. The Morgan fingerprint density at radius 1 is 0.375 bits per heavy atom. The van der Waals surface area contributed by atoms with Gasteiger partial charge in [-0.2, -0.15) is 10.5 Å². The Kier molecular flexibility index (Phi) is 6.22. The molecule has 4 nitrogen and oxygen atoms in total. The van der Waals surface area contributed by atoms with Crippen molar-refractivity contribution in [2.45, 2.75) is 0 Å². The molecule has 9 aromatic rings. The summed E-state index contributed by atoms with van der Waals surface area (Å²) < 4.78 is 4.56. The zero-order chi connectivity index (χ0) is 32.2. The number of benzene rings is 7. The van der Waals surface area contributed by atoms with Gasteiger partial charge in [0.05, 0.1) is 51.0 Å². The van der Waals surface area contributed by atoms with Gasteiger partial charge in [-0.15, -0.1) is 0 Å². The zero-order valence-electron chi connectivity index (χ0n) is 25.8. The Hall–Kier alpha value is -6.88. The quantitative estimate of drug-likeness (QED) is 0.199.